The second-order valence-corrected chi connectivity index (χ2v) is 6.51. The summed E-state index contributed by atoms with van der Waals surface area (Å²) in [6, 6.07) is 17.6. The number of aromatic hydroxyl groups is 1. The molecule has 3 N–H and O–H groups in total. The highest BCUT2D eigenvalue weighted by atomic mass is 16.6. The molecule has 0 saturated carbocycles. The van der Waals surface area contributed by atoms with E-state index in [2.05, 4.69) is 17.9 Å². The fourth-order valence-corrected chi connectivity index (χ4v) is 1.31. The number of aliphatic carboxylic acids is 2. The number of carbonyl (C=O) groups is 5. The average Bonchev–Trinajstić information content (AvgIpc) is 2.75. The number of ether oxygens (including phenoxy) is 2. The number of phenols is 1. The van der Waals surface area contributed by atoms with Crippen molar-refractivity contribution in [1.82, 2.24) is 0 Å². The third-order valence-corrected chi connectivity index (χ3v) is 2.71. The molecular weight excluding hydrogens is 472 g/mol. The molecule has 2 aromatic rings. The summed E-state index contributed by atoms with van der Waals surface area (Å²) in [6.45, 7) is 13.1. The first kappa shape index (κ1) is 35.9. The highest BCUT2D eigenvalue weighted by Gasteiger charge is 2.03. The summed E-state index contributed by atoms with van der Waals surface area (Å²) in [5.41, 5.74) is 0.578. The molecular formula is C26H32O10. The minimum absolute atomic E-state index is 0.176. The van der Waals surface area contributed by atoms with Crippen LogP contribution in [0.5, 0.6) is 11.5 Å². The van der Waals surface area contributed by atoms with E-state index in [0.717, 1.165) is 6.92 Å². The van der Waals surface area contributed by atoms with Crippen LogP contribution < -0.4 is 4.74 Å². The van der Waals surface area contributed by atoms with Gasteiger partial charge in [-0.3, -0.25) is 14.4 Å². The summed E-state index contributed by atoms with van der Waals surface area (Å²) < 4.78 is 8.91. The lowest BCUT2D eigenvalue weighted by Crippen LogP contribution is -2.07. The molecule has 0 aliphatic rings. The molecule has 10 heteroatoms. The molecule has 0 heterocycles. The first-order valence-corrected chi connectivity index (χ1v) is 10.0. The summed E-state index contributed by atoms with van der Waals surface area (Å²) in [4.78, 5) is 49.2. The van der Waals surface area contributed by atoms with Crippen LogP contribution in [0.1, 0.15) is 34.6 Å². The van der Waals surface area contributed by atoms with Crippen molar-refractivity contribution in [1.29, 1.82) is 0 Å². The SMILES string of the molecule is C=C(C)C(=O)O.C=C(C)C(=O)Oc1ccccc1.CC(=O)O.CC(=O)OC(C)=O.Oc1ccccc1. The summed E-state index contributed by atoms with van der Waals surface area (Å²) in [7, 11) is 0. The number of carboxylic acids is 2. The molecule has 0 aliphatic heterocycles. The minimum Gasteiger partial charge on any atom is -0.508 e. The maximum Gasteiger partial charge on any atom is 0.338 e. The molecule has 0 amide bonds. The van der Waals surface area contributed by atoms with E-state index in [1.165, 1.54) is 20.8 Å². The Morgan fingerprint density at radius 2 is 1.00 bits per heavy atom. The predicted octanol–water partition coefficient (Wildman–Crippen LogP) is 4.39. The van der Waals surface area contributed by atoms with Gasteiger partial charge >= 0.3 is 23.9 Å². The van der Waals surface area contributed by atoms with E-state index in [1.807, 2.05) is 12.1 Å². The van der Waals surface area contributed by atoms with Crippen molar-refractivity contribution in [2.45, 2.75) is 34.6 Å². The number of rotatable bonds is 3. The Kier molecular flexibility index (Phi) is 22.0. The van der Waals surface area contributed by atoms with Gasteiger partial charge in [0.25, 0.3) is 5.97 Å². The van der Waals surface area contributed by atoms with E-state index < -0.39 is 23.9 Å². The Morgan fingerprint density at radius 1 is 0.667 bits per heavy atom. The van der Waals surface area contributed by atoms with Crippen molar-refractivity contribution < 1.29 is 48.8 Å². The van der Waals surface area contributed by atoms with Gasteiger partial charge in [-0.25, -0.2) is 9.59 Å². The van der Waals surface area contributed by atoms with Gasteiger partial charge in [0.05, 0.1) is 0 Å². The molecule has 196 valence electrons. The molecule has 0 aromatic heterocycles. The van der Waals surface area contributed by atoms with Crippen LogP contribution in [0.2, 0.25) is 0 Å². The fourth-order valence-electron chi connectivity index (χ4n) is 1.31. The number of hydrogen-bond acceptors (Lipinski definition) is 8. The molecule has 10 nitrogen and oxygen atoms in total. The van der Waals surface area contributed by atoms with Gasteiger partial charge in [0.15, 0.2) is 0 Å². The molecule has 0 spiro atoms. The Bertz CT molecular complexity index is 952. The Hall–Kier alpha value is -4.73. The minimum atomic E-state index is -0.935. The topological polar surface area (TPSA) is 164 Å². The summed E-state index contributed by atoms with van der Waals surface area (Å²) in [5, 5.41) is 23.9. The molecule has 0 radical (unpaired) electrons. The Balaban J connectivity index is -0.000000399. The van der Waals surface area contributed by atoms with Gasteiger partial charge in [-0.15, -0.1) is 0 Å². The van der Waals surface area contributed by atoms with E-state index in [1.54, 1.807) is 55.5 Å². The zero-order valence-electron chi connectivity index (χ0n) is 20.9. The molecule has 2 aromatic carbocycles. The first-order chi connectivity index (χ1) is 16.6. The molecule has 0 bridgehead atoms. The number of benzene rings is 2. The van der Waals surface area contributed by atoms with Crippen molar-refractivity contribution in [2.75, 3.05) is 0 Å². The van der Waals surface area contributed by atoms with Crippen molar-refractivity contribution in [3.05, 3.63) is 85.0 Å². The second kappa shape index (κ2) is 22.1. The van der Waals surface area contributed by atoms with Crippen molar-refractivity contribution in [3.63, 3.8) is 0 Å². The third-order valence-electron chi connectivity index (χ3n) is 2.71. The van der Waals surface area contributed by atoms with Gasteiger partial charge in [0.2, 0.25) is 0 Å². The number of para-hydroxylation sites is 2. The van der Waals surface area contributed by atoms with Crippen LogP contribution in [0.15, 0.2) is 85.0 Å². The zero-order valence-corrected chi connectivity index (χ0v) is 20.9. The number of phenolic OH excluding ortho intramolecular Hbond substituents is 1. The standard InChI is InChI=1S/C10H10O2.C6H6O.C4H6O3.C4H6O2.C2H4O2/c1-8(2)10(11)12-9-6-4-3-5-7-9;7-6-4-2-1-3-5-6;1-3(5)7-4(2)6;1-3(2)4(5)6;1-2(3)4/h3-7H,1H2,2H3;1-5,7H;1-2H3;1H2,2H3,(H,5,6);1H3,(H,3,4). The van der Waals surface area contributed by atoms with Gasteiger partial charge < -0.3 is 24.8 Å². The highest BCUT2D eigenvalue weighted by Crippen LogP contribution is 2.09. The second-order valence-electron chi connectivity index (χ2n) is 6.51. The maximum atomic E-state index is 11.0. The molecule has 0 unspecified atom stereocenters. The molecule has 0 fully saturated rings. The van der Waals surface area contributed by atoms with Crippen LogP contribution in [-0.2, 0) is 28.7 Å². The highest BCUT2D eigenvalue weighted by molar-refractivity contribution is 5.88. The van der Waals surface area contributed by atoms with Crippen LogP contribution >= 0.6 is 0 Å². The van der Waals surface area contributed by atoms with Crippen LogP contribution in [0, 0.1) is 0 Å². The molecule has 0 atom stereocenters. The summed E-state index contributed by atoms with van der Waals surface area (Å²) >= 11 is 0. The van der Waals surface area contributed by atoms with Crippen LogP contribution in [0.4, 0.5) is 0 Å². The van der Waals surface area contributed by atoms with Gasteiger partial charge in [-0.1, -0.05) is 49.6 Å². The molecule has 2 rings (SSSR count). The first-order valence-electron chi connectivity index (χ1n) is 10.0. The third kappa shape index (κ3) is 31.5. The smallest absolute Gasteiger partial charge is 0.338 e. The van der Waals surface area contributed by atoms with E-state index in [0.29, 0.717) is 17.1 Å². The van der Waals surface area contributed by atoms with Gasteiger partial charge in [0, 0.05) is 31.9 Å². The summed E-state index contributed by atoms with van der Waals surface area (Å²) in [5.74, 6) is -2.41. The Morgan fingerprint density at radius 3 is 1.19 bits per heavy atom. The summed E-state index contributed by atoms with van der Waals surface area (Å²) in [6.07, 6.45) is 0. The van der Waals surface area contributed by atoms with Crippen molar-refractivity contribution >= 4 is 29.8 Å². The van der Waals surface area contributed by atoms with Gasteiger partial charge in [0.1, 0.15) is 11.5 Å². The molecule has 0 saturated heterocycles. The lowest BCUT2D eigenvalue weighted by Gasteiger charge is -2.01. The Labute approximate surface area is 210 Å². The van der Waals surface area contributed by atoms with Crippen LogP contribution in [0.25, 0.3) is 0 Å². The lowest BCUT2D eigenvalue weighted by molar-refractivity contribution is -0.156. The van der Waals surface area contributed by atoms with Crippen molar-refractivity contribution in [3.8, 4) is 11.5 Å². The van der Waals surface area contributed by atoms with Crippen LogP contribution in [-0.4, -0.2) is 45.2 Å². The molecule has 0 aliphatic carbocycles. The van der Waals surface area contributed by atoms with E-state index in [-0.39, 0.29) is 11.5 Å². The van der Waals surface area contributed by atoms with Crippen molar-refractivity contribution in [2.24, 2.45) is 0 Å². The van der Waals surface area contributed by atoms with Gasteiger partial charge in [-0.2, -0.15) is 0 Å². The monoisotopic (exact) mass is 504 g/mol. The largest absolute Gasteiger partial charge is 0.508 e. The molecule has 36 heavy (non-hydrogen) atoms. The van der Waals surface area contributed by atoms with E-state index in [4.69, 9.17) is 24.9 Å². The quantitative estimate of drug-likeness (QED) is 0.236. The number of carbonyl (C=O) groups excluding carboxylic acids is 3. The fraction of sp³-hybridized carbons (Fsp3) is 0.192. The maximum absolute atomic E-state index is 11.0. The number of carboxylic acid groups (broad SMARTS) is 2. The average molecular weight is 505 g/mol. The number of hydrogen-bond donors (Lipinski definition) is 3. The number of esters is 3. The lowest BCUT2D eigenvalue weighted by atomic mass is 10.3. The van der Waals surface area contributed by atoms with E-state index in [9.17, 15) is 19.2 Å². The van der Waals surface area contributed by atoms with E-state index >= 15 is 0 Å². The predicted molar refractivity (Wildman–Crippen MR) is 133 cm³/mol. The normalized spacial score (nSPS) is 8.14. The van der Waals surface area contributed by atoms with Gasteiger partial charge in [-0.05, 0) is 38.1 Å². The zero-order chi connectivity index (χ0) is 28.7. The van der Waals surface area contributed by atoms with Crippen LogP contribution in [0.3, 0.4) is 0 Å².